The number of fused-ring (bicyclic) bond motifs is 2. The van der Waals surface area contributed by atoms with E-state index in [1.807, 2.05) is 24.4 Å². The Kier molecular flexibility index (Phi) is 6.07. The van der Waals surface area contributed by atoms with Crippen LogP contribution in [0.15, 0.2) is 24.4 Å². The molecule has 3 fully saturated rings. The highest BCUT2D eigenvalue weighted by atomic mass is 19.4. The first-order valence-electron chi connectivity index (χ1n) is 12.4. The van der Waals surface area contributed by atoms with Crippen molar-refractivity contribution in [2.24, 2.45) is 29.1 Å². The molecule has 2 aliphatic carbocycles. The SMILES string of the molecule is CC1(C)CC(C(=O)Nc2c[nH]c3ccc(OCCC4C[C@@H]5CN(CC(F)(F)F)C[C@@H]5C4)cc23)C1. The number of hydrogen-bond acceptors (Lipinski definition) is 3. The number of hydrogen-bond donors (Lipinski definition) is 2. The predicted molar refractivity (Wildman–Crippen MR) is 126 cm³/mol. The summed E-state index contributed by atoms with van der Waals surface area (Å²) in [5.74, 6) is 2.20. The van der Waals surface area contributed by atoms with Gasteiger partial charge in [-0.05, 0) is 73.5 Å². The zero-order chi connectivity index (χ0) is 24.1. The van der Waals surface area contributed by atoms with Gasteiger partial charge in [0.2, 0.25) is 5.91 Å². The molecule has 1 amide bonds. The number of rotatable bonds is 7. The van der Waals surface area contributed by atoms with Crippen LogP contribution in [-0.2, 0) is 4.79 Å². The van der Waals surface area contributed by atoms with Crippen LogP contribution < -0.4 is 10.1 Å². The lowest BCUT2D eigenvalue weighted by molar-refractivity contribution is -0.144. The van der Waals surface area contributed by atoms with Gasteiger partial charge in [-0.15, -0.1) is 0 Å². The van der Waals surface area contributed by atoms with Crippen molar-refractivity contribution in [2.45, 2.75) is 52.1 Å². The third kappa shape index (κ3) is 5.21. The van der Waals surface area contributed by atoms with E-state index >= 15 is 0 Å². The summed E-state index contributed by atoms with van der Waals surface area (Å²) < 4.78 is 44.0. The molecule has 0 radical (unpaired) electrons. The van der Waals surface area contributed by atoms with Gasteiger partial charge in [-0.2, -0.15) is 13.2 Å². The van der Waals surface area contributed by atoms with E-state index in [0.717, 1.165) is 54.4 Å². The number of amides is 1. The third-order valence-electron chi connectivity index (χ3n) is 8.00. The lowest BCUT2D eigenvalue weighted by Crippen LogP contribution is -2.39. The molecule has 34 heavy (non-hydrogen) atoms. The van der Waals surface area contributed by atoms with Crippen molar-refractivity contribution >= 4 is 22.5 Å². The number of halogens is 3. The minimum atomic E-state index is -4.11. The molecule has 1 unspecified atom stereocenters. The van der Waals surface area contributed by atoms with E-state index in [4.69, 9.17) is 4.74 Å². The molecule has 2 saturated carbocycles. The summed E-state index contributed by atoms with van der Waals surface area (Å²) in [4.78, 5) is 17.4. The highest BCUT2D eigenvalue weighted by Crippen LogP contribution is 2.45. The Morgan fingerprint density at radius 1 is 1.21 bits per heavy atom. The van der Waals surface area contributed by atoms with Crippen LogP contribution in [0.1, 0.15) is 46.0 Å². The normalized spacial score (nSPS) is 27.0. The second kappa shape index (κ2) is 8.77. The largest absolute Gasteiger partial charge is 0.494 e. The Hall–Kier alpha value is -2.22. The maximum Gasteiger partial charge on any atom is 0.401 e. The number of alkyl halides is 3. The number of H-pyrrole nitrogens is 1. The van der Waals surface area contributed by atoms with E-state index in [2.05, 4.69) is 24.1 Å². The number of nitrogens with zero attached hydrogens (tertiary/aromatic N) is 1. The van der Waals surface area contributed by atoms with Gasteiger partial charge in [-0.25, -0.2) is 0 Å². The van der Waals surface area contributed by atoms with Crippen LogP contribution in [0.4, 0.5) is 18.9 Å². The second-order valence-electron chi connectivity index (χ2n) is 11.5. The minimum absolute atomic E-state index is 0.0748. The summed E-state index contributed by atoms with van der Waals surface area (Å²) >= 11 is 0. The van der Waals surface area contributed by atoms with Gasteiger partial charge in [-0.1, -0.05) is 13.8 Å². The Balaban J connectivity index is 1.10. The average Bonchev–Trinajstić information content (AvgIpc) is 3.38. The minimum Gasteiger partial charge on any atom is -0.494 e. The first-order valence-corrected chi connectivity index (χ1v) is 12.4. The molecule has 2 N–H and O–H groups in total. The number of carbonyl (C=O) groups is 1. The number of ether oxygens (including phenoxy) is 1. The maximum absolute atomic E-state index is 12.7. The number of anilines is 1. The van der Waals surface area contributed by atoms with Crippen molar-refractivity contribution in [1.82, 2.24) is 9.88 Å². The van der Waals surface area contributed by atoms with Crippen LogP contribution in [0.2, 0.25) is 0 Å². The van der Waals surface area contributed by atoms with E-state index in [1.165, 1.54) is 0 Å². The second-order valence-corrected chi connectivity index (χ2v) is 11.5. The van der Waals surface area contributed by atoms with Crippen LogP contribution in [0.5, 0.6) is 5.75 Å². The first-order chi connectivity index (χ1) is 16.0. The van der Waals surface area contributed by atoms with Gasteiger partial charge >= 0.3 is 6.18 Å². The molecule has 0 bridgehead atoms. The van der Waals surface area contributed by atoms with E-state index < -0.39 is 12.7 Å². The number of carbonyl (C=O) groups excluding carboxylic acids is 1. The first kappa shape index (κ1) is 23.5. The number of benzene rings is 1. The van der Waals surface area contributed by atoms with E-state index in [-0.39, 0.29) is 17.2 Å². The lowest BCUT2D eigenvalue weighted by atomic mass is 9.64. The van der Waals surface area contributed by atoms with Crippen molar-refractivity contribution in [3.8, 4) is 5.75 Å². The molecule has 1 aromatic heterocycles. The van der Waals surface area contributed by atoms with Gasteiger partial charge in [0, 0.05) is 36.1 Å². The van der Waals surface area contributed by atoms with Gasteiger partial charge in [0.05, 0.1) is 18.8 Å². The zero-order valence-corrected chi connectivity index (χ0v) is 19.9. The molecule has 2 aromatic rings. The van der Waals surface area contributed by atoms with E-state index in [0.29, 0.717) is 37.5 Å². The highest BCUT2D eigenvalue weighted by Gasteiger charge is 2.43. The zero-order valence-electron chi connectivity index (χ0n) is 19.9. The van der Waals surface area contributed by atoms with Crippen molar-refractivity contribution in [3.05, 3.63) is 24.4 Å². The molecule has 3 aliphatic rings. The van der Waals surface area contributed by atoms with Gasteiger partial charge < -0.3 is 15.0 Å². The Bertz CT molecular complexity index is 1030. The van der Waals surface area contributed by atoms with Crippen LogP contribution in [0.3, 0.4) is 0 Å². The molecule has 5 rings (SSSR count). The molecule has 186 valence electrons. The van der Waals surface area contributed by atoms with Crippen LogP contribution in [-0.4, -0.2) is 48.2 Å². The third-order valence-corrected chi connectivity index (χ3v) is 8.00. The average molecular weight is 478 g/mol. The molecule has 1 aliphatic heterocycles. The van der Waals surface area contributed by atoms with Gasteiger partial charge in [0.25, 0.3) is 0 Å². The topological polar surface area (TPSA) is 57.4 Å². The number of nitrogens with one attached hydrogen (secondary N) is 2. The molecule has 2 heterocycles. The smallest absolute Gasteiger partial charge is 0.401 e. The predicted octanol–water partition coefficient (Wildman–Crippen LogP) is 5.83. The summed E-state index contributed by atoms with van der Waals surface area (Å²) in [6.07, 6.45) is 2.45. The summed E-state index contributed by atoms with van der Waals surface area (Å²) in [7, 11) is 0. The fourth-order valence-corrected chi connectivity index (χ4v) is 6.47. The summed E-state index contributed by atoms with van der Waals surface area (Å²) in [6.45, 7) is 5.32. The number of aromatic nitrogens is 1. The number of aromatic amines is 1. The monoisotopic (exact) mass is 477 g/mol. The summed E-state index contributed by atoms with van der Waals surface area (Å²) in [5, 5.41) is 4.01. The van der Waals surface area contributed by atoms with E-state index in [9.17, 15) is 18.0 Å². The molecule has 1 aromatic carbocycles. The Labute approximate surface area is 198 Å². The van der Waals surface area contributed by atoms with E-state index in [1.54, 1.807) is 4.90 Å². The molecule has 8 heteroatoms. The Morgan fingerprint density at radius 2 is 1.91 bits per heavy atom. The Morgan fingerprint density at radius 3 is 2.56 bits per heavy atom. The summed E-state index contributed by atoms with van der Waals surface area (Å²) in [5.41, 5.74) is 1.98. The summed E-state index contributed by atoms with van der Waals surface area (Å²) in [6, 6.07) is 5.85. The van der Waals surface area contributed by atoms with Crippen LogP contribution in [0.25, 0.3) is 10.9 Å². The van der Waals surface area contributed by atoms with Gasteiger partial charge in [0.15, 0.2) is 0 Å². The van der Waals surface area contributed by atoms with Gasteiger partial charge in [0.1, 0.15) is 5.75 Å². The van der Waals surface area contributed by atoms with Crippen molar-refractivity contribution < 1.29 is 22.7 Å². The van der Waals surface area contributed by atoms with Crippen LogP contribution >= 0.6 is 0 Å². The van der Waals surface area contributed by atoms with Crippen LogP contribution in [0, 0.1) is 29.1 Å². The van der Waals surface area contributed by atoms with Crippen molar-refractivity contribution in [2.75, 3.05) is 31.6 Å². The van der Waals surface area contributed by atoms with Crippen molar-refractivity contribution in [3.63, 3.8) is 0 Å². The molecule has 5 nitrogen and oxygen atoms in total. The maximum atomic E-state index is 12.7. The molecular formula is C26H34F3N3O2. The fraction of sp³-hybridized carbons (Fsp3) is 0.654. The molecule has 1 saturated heterocycles. The highest BCUT2D eigenvalue weighted by molar-refractivity contribution is 6.03. The van der Waals surface area contributed by atoms with Crippen molar-refractivity contribution in [1.29, 1.82) is 0 Å². The molecular weight excluding hydrogens is 443 g/mol. The lowest BCUT2D eigenvalue weighted by Gasteiger charge is -2.41. The fourth-order valence-electron chi connectivity index (χ4n) is 6.47. The standard InChI is InChI=1S/C26H34F3N3O2/c1-25(2)10-19(11-25)24(33)31-23-12-30-22-4-3-20(9-21(22)23)34-6-5-16-7-17-13-32(14-18(17)8-16)15-26(27,28)29/h3-4,9,12,16-19,30H,5-8,10-11,13-15H2,1-2H3,(H,31,33)/t16?,17-,18+. The van der Waals surface area contributed by atoms with Gasteiger partial charge in [-0.3, -0.25) is 9.69 Å². The number of likely N-dealkylation sites (tertiary alicyclic amines) is 1. The molecule has 0 spiro atoms. The quantitative estimate of drug-likeness (QED) is 0.527. The molecule has 3 atom stereocenters.